The van der Waals surface area contributed by atoms with Gasteiger partial charge in [-0.2, -0.15) is 0 Å². The highest BCUT2D eigenvalue weighted by Crippen LogP contribution is 2.33. The summed E-state index contributed by atoms with van der Waals surface area (Å²) in [6.07, 6.45) is 1.04. The van der Waals surface area contributed by atoms with Crippen molar-refractivity contribution in [3.8, 4) is 0 Å². The number of hydrogen-bond acceptors (Lipinski definition) is 2. The van der Waals surface area contributed by atoms with Crippen molar-refractivity contribution in [3.05, 3.63) is 58.0 Å². The van der Waals surface area contributed by atoms with Crippen molar-refractivity contribution in [2.45, 2.75) is 11.8 Å². The molecule has 88 valence electrons. The lowest BCUT2D eigenvalue weighted by molar-refractivity contribution is 0.276. The van der Waals surface area contributed by atoms with Gasteiger partial charge >= 0.3 is 0 Å². The third-order valence-corrected chi connectivity index (χ3v) is 4.35. The summed E-state index contributed by atoms with van der Waals surface area (Å²) < 4.78 is 13.0. The largest absolute Gasteiger partial charge is 0.315 e. The second kappa shape index (κ2) is 4.24. The van der Waals surface area contributed by atoms with E-state index < -0.39 is 0 Å². The second-order valence-corrected chi connectivity index (χ2v) is 5.68. The summed E-state index contributed by atoms with van der Waals surface area (Å²) in [6.45, 7) is 1.97. The predicted molar refractivity (Wildman–Crippen MR) is 69.0 cm³/mol. The molecular weight excluding hydrogens is 233 g/mol. The summed E-state index contributed by atoms with van der Waals surface area (Å²) in [5.74, 6) is -0.160. The molecule has 2 aromatic rings. The molecule has 17 heavy (non-hydrogen) atoms. The van der Waals surface area contributed by atoms with Gasteiger partial charge in [-0.05, 0) is 35.6 Å². The van der Waals surface area contributed by atoms with Crippen LogP contribution >= 0.6 is 11.3 Å². The summed E-state index contributed by atoms with van der Waals surface area (Å²) in [6, 6.07) is 11.2. The minimum Gasteiger partial charge on any atom is -0.315 e. The Morgan fingerprint density at radius 3 is 2.47 bits per heavy atom. The zero-order chi connectivity index (χ0) is 11.7. The molecule has 3 heteroatoms. The molecule has 1 saturated heterocycles. The Labute approximate surface area is 104 Å². The van der Waals surface area contributed by atoms with Crippen LogP contribution in [0.25, 0.3) is 0 Å². The van der Waals surface area contributed by atoms with Gasteiger partial charge in [0.15, 0.2) is 0 Å². The average molecular weight is 247 g/mol. The van der Waals surface area contributed by atoms with Gasteiger partial charge in [-0.3, -0.25) is 0 Å². The SMILES string of the molecule is Fc1ccc(C2(Cc3cccs3)CNC2)cc1. The van der Waals surface area contributed by atoms with E-state index in [4.69, 9.17) is 0 Å². The summed E-state index contributed by atoms with van der Waals surface area (Å²) in [5, 5.41) is 5.45. The normalized spacial score (nSPS) is 17.7. The molecule has 0 atom stereocenters. The first-order valence-electron chi connectivity index (χ1n) is 5.78. The Hall–Kier alpha value is -1.19. The van der Waals surface area contributed by atoms with E-state index >= 15 is 0 Å². The van der Waals surface area contributed by atoms with Crippen molar-refractivity contribution in [2.24, 2.45) is 0 Å². The zero-order valence-electron chi connectivity index (χ0n) is 9.45. The maximum absolute atomic E-state index is 13.0. The summed E-state index contributed by atoms with van der Waals surface area (Å²) in [4.78, 5) is 1.40. The highest BCUT2D eigenvalue weighted by Gasteiger charge is 2.38. The van der Waals surface area contributed by atoms with E-state index in [1.807, 2.05) is 12.1 Å². The summed E-state index contributed by atoms with van der Waals surface area (Å²) in [7, 11) is 0. The molecule has 0 saturated carbocycles. The number of thiophene rings is 1. The maximum atomic E-state index is 13.0. The Bertz CT molecular complexity index is 485. The van der Waals surface area contributed by atoms with Crippen molar-refractivity contribution in [1.82, 2.24) is 5.32 Å². The van der Waals surface area contributed by atoms with Gasteiger partial charge in [0.25, 0.3) is 0 Å². The van der Waals surface area contributed by atoms with Crippen LogP contribution in [-0.2, 0) is 11.8 Å². The van der Waals surface area contributed by atoms with E-state index in [0.717, 1.165) is 19.5 Å². The molecule has 1 aromatic carbocycles. The van der Waals surface area contributed by atoms with Crippen LogP contribution in [0.3, 0.4) is 0 Å². The van der Waals surface area contributed by atoms with Crippen LogP contribution in [-0.4, -0.2) is 13.1 Å². The van der Waals surface area contributed by atoms with Crippen molar-refractivity contribution >= 4 is 11.3 Å². The average Bonchev–Trinajstić information content (AvgIpc) is 2.77. The molecule has 1 aromatic heterocycles. The van der Waals surface area contributed by atoms with Crippen molar-refractivity contribution in [2.75, 3.05) is 13.1 Å². The topological polar surface area (TPSA) is 12.0 Å². The molecule has 0 radical (unpaired) electrons. The first kappa shape index (κ1) is 10.9. The number of rotatable bonds is 3. The minimum atomic E-state index is -0.160. The Kier molecular flexibility index (Phi) is 2.73. The van der Waals surface area contributed by atoms with Gasteiger partial charge in [-0.15, -0.1) is 11.3 Å². The third kappa shape index (κ3) is 2.01. The highest BCUT2D eigenvalue weighted by molar-refractivity contribution is 7.09. The Morgan fingerprint density at radius 1 is 1.18 bits per heavy atom. The molecule has 0 spiro atoms. The molecule has 0 unspecified atom stereocenters. The van der Waals surface area contributed by atoms with Gasteiger partial charge in [0.1, 0.15) is 5.82 Å². The standard InChI is InChI=1S/C14H14FNS/c15-12-5-3-11(4-6-12)14(9-16-10-14)8-13-2-1-7-17-13/h1-7,16H,8-10H2. The molecule has 2 heterocycles. The van der Waals surface area contributed by atoms with Gasteiger partial charge in [0.2, 0.25) is 0 Å². The van der Waals surface area contributed by atoms with Crippen molar-refractivity contribution < 1.29 is 4.39 Å². The molecule has 1 aliphatic heterocycles. The molecule has 0 aliphatic carbocycles. The molecule has 3 rings (SSSR count). The van der Waals surface area contributed by atoms with Crippen molar-refractivity contribution in [1.29, 1.82) is 0 Å². The first-order chi connectivity index (χ1) is 8.28. The molecule has 0 amide bonds. The van der Waals surface area contributed by atoms with Crippen LogP contribution in [0.4, 0.5) is 4.39 Å². The fourth-order valence-electron chi connectivity index (χ4n) is 2.41. The van der Waals surface area contributed by atoms with Crippen LogP contribution in [0.15, 0.2) is 41.8 Å². The molecule has 1 nitrogen and oxygen atoms in total. The molecule has 1 aliphatic rings. The first-order valence-corrected chi connectivity index (χ1v) is 6.66. The van der Waals surface area contributed by atoms with E-state index in [2.05, 4.69) is 22.8 Å². The van der Waals surface area contributed by atoms with E-state index in [9.17, 15) is 4.39 Å². The van der Waals surface area contributed by atoms with E-state index in [1.54, 1.807) is 23.5 Å². The third-order valence-electron chi connectivity index (χ3n) is 3.48. The van der Waals surface area contributed by atoms with E-state index in [-0.39, 0.29) is 11.2 Å². The van der Waals surface area contributed by atoms with Crippen LogP contribution < -0.4 is 5.32 Å². The second-order valence-electron chi connectivity index (χ2n) is 4.65. The Morgan fingerprint density at radius 2 is 1.94 bits per heavy atom. The van der Waals surface area contributed by atoms with Gasteiger partial charge in [0, 0.05) is 23.4 Å². The maximum Gasteiger partial charge on any atom is 0.123 e. The number of hydrogen-bond donors (Lipinski definition) is 1. The minimum absolute atomic E-state index is 0.160. The lowest BCUT2D eigenvalue weighted by Crippen LogP contribution is -2.58. The molecule has 1 N–H and O–H groups in total. The van der Waals surface area contributed by atoms with Gasteiger partial charge in [-0.25, -0.2) is 4.39 Å². The van der Waals surface area contributed by atoms with Crippen LogP contribution in [0, 0.1) is 5.82 Å². The fraction of sp³-hybridized carbons (Fsp3) is 0.286. The lowest BCUT2D eigenvalue weighted by Gasteiger charge is -2.43. The predicted octanol–water partition coefficient (Wildman–Crippen LogP) is 2.97. The number of halogens is 1. The van der Waals surface area contributed by atoms with Crippen LogP contribution in [0.2, 0.25) is 0 Å². The molecular formula is C14H14FNS. The smallest absolute Gasteiger partial charge is 0.123 e. The highest BCUT2D eigenvalue weighted by atomic mass is 32.1. The fourth-order valence-corrected chi connectivity index (χ4v) is 3.26. The van der Waals surface area contributed by atoms with E-state index in [0.29, 0.717) is 0 Å². The summed E-state index contributed by atoms with van der Waals surface area (Å²) in [5.41, 5.74) is 1.41. The lowest BCUT2D eigenvalue weighted by atomic mass is 9.72. The van der Waals surface area contributed by atoms with Gasteiger partial charge in [-0.1, -0.05) is 18.2 Å². The number of nitrogens with one attached hydrogen (secondary N) is 1. The Balaban J connectivity index is 1.89. The van der Waals surface area contributed by atoms with Crippen molar-refractivity contribution in [3.63, 3.8) is 0 Å². The molecule has 0 bridgehead atoms. The zero-order valence-corrected chi connectivity index (χ0v) is 10.3. The van der Waals surface area contributed by atoms with Crippen LogP contribution in [0.1, 0.15) is 10.4 Å². The quantitative estimate of drug-likeness (QED) is 0.879. The monoisotopic (exact) mass is 247 g/mol. The number of benzene rings is 1. The van der Waals surface area contributed by atoms with Gasteiger partial charge < -0.3 is 5.32 Å². The summed E-state index contributed by atoms with van der Waals surface area (Å²) >= 11 is 1.80. The molecule has 1 fully saturated rings. The van der Waals surface area contributed by atoms with Gasteiger partial charge in [0.05, 0.1) is 0 Å². The van der Waals surface area contributed by atoms with E-state index in [1.165, 1.54) is 10.4 Å². The van der Waals surface area contributed by atoms with Crippen LogP contribution in [0.5, 0.6) is 0 Å².